The summed E-state index contributed by atoms with van der Waals surface area (Å²) in [5.41, 5.74) is 7.21. The van der Waals surface area contributed by atoms with E-state index in [1.807, 2.05) is 6.07 Å². The number of carbonyl (C=O) groups is 2. The number of hydrogen-bond acceptors (Lipinski definition) is 4. The van der Waals surface area contributed by atoms with Gasteiger partial charge in [0.2, 0.25) is 5.91 Å². The molecule has 1 aromatic heterocycles. The number of nitrogens with two attached hydrogens (primary N) is 1. The van der Waals surface area contributed by atoms with Crippen molar-refractivity contribution in [2.75, 3.05) is 5.32 Å². The number of anilines is 1. The van der Waals surface area contributed by atoms with Crippen LogP contribution in [0.1, 0.15) is 43.5 Å². The molecule has 22 heavy (non-hydrogen) atoms. The maximum Gasteiger partial charge on any atom is 0.242 e. The zero-order valence-corrected chi connectivity index (χ0v) is 12.9. The highest BCUT2D eigenvalue weighted by Gasteiger charge is 2.13. The highest BCUT2D eigenvalue weighted by atomic mass is 16.2. The van der Waals surface area contributed by atoms with Gasteiger partial charge >= 0.3 is 0 Å². The molecule has 0 fully saturated rings. The number of unbranched alkanes of at least 4 members (excludes halogenated alkanes) is 1. The first-order valence-corrected chi connectivity index (χ1v) is 7.49. The smallest absolute Gasteiger partial charge is 0.242 e. The summed E-state index contributed by atoms with van der Waals surface area (Å²) in [5, 5.41) is 3.60. The molecule has 0 bridgehead atoms. The summed E-state index contributed by atoms with van der Waals surface area (Å²) in [6, 6.07) is 8.34. The second-order valence-corrected chi connectivity index (χ2v) is 5.40. The maximum atomic E-state index is 12.0. The summed E-state index contributed by atoms with van der Waals surface area (Å²) < 4.78 is 0. The van der Waals surface area contributed by atoms with Crippen molar-refractivity contribution in [2.24, 2.45) is 5.73 Å². The second kappa shape index (κ2) is 7.13. The number of hydrogen-bond donors (Lipinski definition) is 2. The number of ketones is 1. The molecule has 1 atom stereocenters. The standard InChI is InChI=1S/C17H21N3O2/c1-3-4-5-14(18)17(22)20-16-9-7-13-10-12(11(2)21)6-8-15(13)19-16/h6-10,14H,3-5,18H2,1-2H3,(H,19,20,22). The highest BCUT2D eigenvalue weighted by molar-refractivity contribution is 5.99. The molecule has 0 aliphatic heterocycles. The van der Waals surface area contributed by atoms with Gasteiger partial charge in [-0.15, -0.1) is 0 Å². The van der Waals surface area contributed by atoms with Crippen molar-refractivity contribution in [3.63, 3.8) is 0 Å². The van der Waals surface area contributed by atoms with Crippen molar-refractivity contribution < 1.29 is 9.59 Å². The van der Waals surface area contributed by atoms with Crippen LogP contribution in [-0.2, 0) is 4.79 Å². The fourth-order valence-corrected chi connectivity index (χ4v) is 2.19. The summed E-state index contributed by atoms with van der Waals surface area (Å²) in [5.74, 6) is 0.266. The van der Waals surface area contributed by atoms with Crippen molar-refractivity contribution in [2.45, 2.75) is 39.2 Å². The molecule has 1 heterocycles. The van der Waals surface area contributed by atoms with Gasteiger partial charge in [0.25, 0.3) is 0 Å². The Bertz CT molecular complexity index is 697. The lowest BCUT2D eigenvalue weighted by atomic mass is 10.1. The summed E-state index contributed by atoms with van der Waals surface area (Å²) in [4.78, 5) is 27.7. The fourth-order valence-electron chi connectivity index (χ4n) is 2.19. The first kappa shape index (κ1) is 16.1. The number of pyridine rings is 1. The molecular formula is C17H21N3O2. The van der Waals surface area contributed by atoms with Gasteiger partial charge in [0.1, 0.15) is 5.82 Å². The number of benzene rings is 1. The molecule has 0 saturated heterocycles. The molecule has 0 saturated carbocycles. The molecule has 116 valence electrons. The third-order valence-corrected chi connectivity index (χ3v) is 3.55. The van der Waals surface area contributed by atoms with E-state index in [0.717, 1.165) is 23.7 Å². The van der Waals surface area contributed by atoms with Gasteiger partial charge in [-0.25, -0.2) is 4.98 Å². The lowest BCUT2D eigenvalue weighted by molar-refractivity contribution is -0.117. The van der Waals surface area contributed by atoms with Crippen LogP contribution in [0.5, 0.6) is 0 Å². The number of amides is 1. The molecule has 1 unspecified atom stereocenters. The number of nitrogens with zero attached hydrogens (tertiary/aromatic N) is 1. The van der Waals surface area contributed by atoms with Crippen LogP contribution in [0.3, 0.4) is 0 Å². The Morgan fingerprint density at radius 1 is 1.27 bits per heavy atom. The molecule has 2 aromatic rings. The second-order valence-electron chi connectivity index (χ2n) is 5.40. The monoisotopic (exact) mass is 299 g/mol. The van der Waals surface area contributed by atoms with E-state index >= 15 is 0 Å². The van der Waals surface area contributed by atoms with Crippen LogP contribution in [0, 0.1) is 0 Å². The quantitative estimate of drug-likeness (QED) is 0.803. The topological polar surface area (TPSA) is 85.1 Å². The summed E-state index contributed by atoms with van der Waals surface area (Å²) >= 11 is 0. The number of rotatable bonds is 6. The van der Waals surface area contributed by atoms with Gasteiger partial charge in [0.15, 0.2) is 5.78 Å². The molecule has 3 N–H and O–H groups in total. The fraction of sp³-hybridized carbons (Fsp3) is 0.353. The normalized spacial score (nSPS) is 12.1. The molecule has 0 radical (unpaired) electrons. The van der Waals surface area contributed by atoms with Crippen molar-refractivity contribution in [1.82, 2.24) is 4.98 Å². The summed E-state index contributed by atoms with van der Waals surface area (Å²) in [6.07, 6.45) is 2.60. The Balaban J connectivity index is 2.14. The molecule has 1 aromatic carbocycles. The van der Waals surface area contributed by atoms with E-state index in [4.69, 9.17) is 5.73 Å². The molecule has 0 aliphatic rings. The predicted octanol–water partition coefficient (Wildman–Crippen LogP) is 2.89. The Morgan fingerprint density at radius 2 is 2.05 bits per heavy atom. The van der Waals surface area contributed by atoms with E-state index < -0.39 is 6.04 Å². The molecule has 0 spiro atoms. The minimum absolute atomic E-state index is 0.0150. The van der Waals surface area contributed by atoms with Crippen molar-refractivity contribution in [1.29, 1.82) is 0 Å². The van der Waals surface area contributed by atoms with Gasteiger partial charge in [-0.05, 0) is 43.7 Å². The highest BCUT2D eigenvalue weighted by Crippen LogP contribution is 2.17. The Morgan fingerprint density at radius 3 is 2.73 bits per heavy atom. The summed E-state index contributed by atoms with van der Waals surface area (Å²) in [6.45, 7) is 3.59. The van der Waals surface area contributed by atoms with E-state index in [9.17, 15) is 9.59 Å². The van der Waals surface area contributed by atoms with E-state index in [1.165, 1.54) is 6.92 Å². The number of nitrogens with one attached hydrogen (secondary N) is 1. The Kier molecular flexibility index (Phi) is 5.22. The molecule has 1 amide bonds. The van der Waals surface area contributed by atoms with Crippen LogP contribution in [0.4, 0.5) is 5.82 Å². The number of fused-ring (bicyclic) bond motifs is 1. The molecule has 0 aliphatic carbocycles. The van der Waals surface area contributed by atoms with E-state index in [0.29, 0.717) is 17.8 Å². The lowest BCUT2D eigenvalue weighted by Gasteiger charge is -2.11. The third kappa shape index (κ3) is 3.89. The minimum atomic E-state index is -0.516. The number of Topliss-reactive ketones (excluding diaryl/α,β-unsaturated/α-hetero) is 1. The summed E-state index contributed by atoms with van der Waals surface area (Å²) in [7, 11) is 0. The minimum Gasteiger partial charge on any atom is -0.320 e. The average molecular weight is 299 g/mol. The molecule has 5 heteroatoms. The maximum absolute atomic E-state index is 12.0. The van der Waals surface area contributed by atoms with Gasteiger partial charge < -0.3 is 11.1 Å². The number of carbonyl (C=O) groups excluding carboxylic acids is 2. The van der Waals surface area contributed by atoms with Gasteiger partial charge in [0, 0.05) is 10.9 Å². The van der Waals surface area contributed by atoms with E-state index in [-0.39, 0.29) is 11.7 Å². The van der Waals surface area contributed by atoms with Gasteiger partial charge in [-0.2, -0.15) is 0 Å². The van der Waals surface area contributed by atoms with Gasteiger partial charge in [-0.1, -0.05) is 19.8 Å². The predicted molar refractivity (Wildman–Crippen MR) is 87.9 cm³/mol. The Labute approximate surface area is 129 Å². The first-order valence-electron chi connectivity index (χ1n) is 7.49. The zero-order valence-electron chi connectivity index (χ0n) is 12.9. The molecule has 5 nitrogen and oxygen atoms in total. The van der Waals surface area contributed by atoms with Crippen LogP contribution in [0.25, 0.3) is 10.9 Å². The molecular weight excluding hydrogens is 278 g/mol. The SMILES string of the molecule is CCCCC(N)C(=O)Nc1ccc2cc(C(C)=O)ccc2n1. The van der Waals surface area contributed by atoms with Gasteiger partial charge in [-0.3, -0.25) is 9.59 Å². The van der Waals surface area contributed by atoms with Crippen LogP contribution >= 0.6 is 0 Å². The van der Waals surface area contributed by atoms with Crippen LogP contribution < -0.4 is 11.1 Å². The largest absolute Gasteiger partial charge is 0.320 e. The van der Waals surface area contributed by atoms with Crippen molar-refractivity contribution in [3.05, 3.63) is 35.9 Å². The van der Waals surface area contributed by atoms with E-state index in [1.54, 1.807) is 24.3 Å². The zero-order chi connectivity index (χ0) is 16.1. The first-order chi connectivity index (χ1) is 10.5. The van der Waals surface area contributed by atoms with Crippen LogP contribution in [-0.4, -0.2) is 22.7 Å². The lowest BCUT2D eigenvalue weighted by Crippen LogP contribution is -2.35. The van der Waals surface area contributed by atoms with E-state index in [2.05, 4.69) is 17.2 Å². The molecule has 2 rings (SSSR count). The van der Waals surface area contributed by atoms with Crippen LogP contribution in [0.2, 0.25) is 0 Å². The van der Waals surface area contributed by atoms with Crippen molar-refractivity contribution >= 4 is 28.4 Å². The third-order valence-electron chi connectivity index (χ3n) is 3.55. The Hall–Kier alpha value is -2.27. The van der Waals surface area contributed by atoms with Gasteiger partial charge in [0.05, 0.1) is 11.6 Å². The number of aromatic nitrogens is 1. The van der Waals surface area contributed by atoms with Crippen LogP contribution in [0.15, 0.2) is 30.3 Å². The average Bonchev–Trinajstić information content (AvgIpc) is 2.51. The van der Waals surface area contributed by atoms with Crippen molar-refractivity contribution in [3.8, 4) is 0 Å².